The van der Waals surface area contributed by atoms with Crippen LogP contribution in [0.5, 0.6) is 11.5 Å². The Bertz CT molecular complexity index is 790. The minimum Gasteiger partial charge on any atom is -0.493 e. The molecule has 0 saturated heterocycles. The van der Waals surface area contributed by atoms with Gasteiger partial charge in [-0.2, -0.15) is 0 Å². The number of pyridine rings is 1. The van der Waals surface area contributed by atoms with Gasteiger partial charge in [0.15, 0.2) is 11.5 Å². The SMILES string of the molecule is CCCCCCCN1Cc2c(cc(OC)c(OC)c2-c2cccnc2)C1=O. The van der Waals surface area contributed by atoms with Gasteiger partial charge in [-0.3, -0.25) is 9.78 Å². The maximum atomic E-state index is 13.0. The average molecular weight is 368 g/mol. The Hall–Kier alpha value is -2.56. The number of fused-ring (bicyclic) bond motifs is 1. The zero-order chi connectivity index (χ0) is 19.2. The Kier molecular flexibility index (Phi) is 6.32. The molecular weight excluding hydrogens is 340 g/mol. The molecule has 144 valence electrons. The van der Waals surface area contributed by atoms with Crippen LogP contribution in [0.15, 0.2) is 30.6 Å². The van der Waals surface area contributed by atoms with E-state index in [9.17, 15) is 4.79 Å². The highest BCUT2D eigenvalue weighted by molar-refractivity contribution is 6.02. The fraction of sp³-hybridized carbons (Fsp3) is 0.455. The van der Waals surface area contributed by atoms with E-state index >= 15 is 0 Å². The normalized spacial score (nSPS) is 13.0. The smallest absolute Gasteiger partial charge is 0.254 e. The quantitative estimate of drug-likeness (QED) is 0.603. The van der Waals surface area contributed by atoms with Gasteiger partial charge in [0, 0.05) is 42.2 Å². The van der Waals surface area contributed by atoms with Gasteiger partial charge in [0.05, 0.1) is 14.2 Å². The van der Waals surface area contributed by atoms with Crippen molar-refractivity contribution in [1.29, 1.82) is 0 Å². The maximum Gasteiger partial charge on any atom is 0.254 e. The molecule has 5 nitrogen and oxygen atoms in total. The molecule has 1 aliphatic heterocycles. The predicted octanol–water partition coefficient (Wildman–Crippen LogP) is 4.69. The van der Waals surface area contributed by atoms with E-state index in [-0.39, 0.29) is 5.91 Å². The van der Waals surface area contributed by atoms with E-state index in [2.05, 4.69) is 11.9 Å². The third-order valence-electron chi connectivity index (χ3n) is 5.13. The third-order valence-corrected chi connectivity index (χ3v) is 5.13. The standard InChI is InChI=1S/C22H28N2O3/c1-4-5-6-7-8-12-24-15-18-17(22(24)25)13-19(26-2)21(27-3)20(18)16-10-9-11-23-14-16/h9-11,13-14H,4-8,12,15H2,1-3H3. The molecule has 0 bridgehead atoms. The van der Waals surface area contributed by atoms with Crippen LogP contribution in [0.3, 0.4) is 0 Å². The number of methoxy groups -OCH3 is 2. The van der Waals surface area contributed by atoms with Crippen molar-refractivity contribution in [3.63, 3.8) is 0 Å². The predicted molar refractivity (Wildman–Crippen MR) is 106 cm³/mol. The van der Waals surface area contributed by atoms with Crippen LogP contribution >= 0.6 is 0 Å². The highest BCUT2D eigenvalue weighted by atomic mass is 16.5. The summed E-state index contributed by atoms with van der Waals surface area (Å²) >= 11 is 0. The molecule has 3 rings (SSSR count). The number of rotatable bonds is 9. The van der Waals surface area contributed by atoms with Crippen molar-refractivity contribution in [3.8, 4) is 22.6 Å². The molecule has 1 aliphatic rings. The van der Waals surface area contributed by atoms with Crippen LogP contribution in [0.4, 0.5) is 0 Å². The number of ether oxygens (including phenoxy) is 2. The zero-order valence-corrected chi connectivity index (χ0v) is 16.5. The van der Waals surface area contributed by atoms with E-state index in [4.69, 9.17) is 9.47 Å². The number of unbranched alkanes of at least 4 members (excludes halogenated alkanes) is 4. The maximum absolute atomic E-state index is 13.0. The fourth-order valence-electron chi connectivity index (χ4n) is 3.72. The Labute approximate surface area is 161 Å². The minimum absolute atomic E-state index is 0.0755. The van der Waals surface area contributed by atoms with Gasteiger partial charge >= 0.3 is 0 Å². The molecule has 1 aromatic heterocycles. The second-order valence-corrected chi connectivity index (χ2v) is 6.90. The van der Waals surface area contributed by atoms with E-state index in [0.717, 1.165) is 36.1 Å². The lowest BCUT2D eigenvalue weighted by Crippen LogP contribution is -2.24. The first-order chi connectivity index (χ1) is 13.2. The van der Waals surface area contributed by atoms with Crippen LogP contribution in [-0.2, 0) is 6.54 Å². The molecule has 0 N–H and O–H groups in total. The Morgan fingerprint density at radius 3 is 2.63 bits per heavy atom. The van der Waals surface area contributed by atoms with Gasteiger partial charge in [-0.15, -0.1) is 0 Å². The summed E-state index contributed by atoms with van der Waals surface area (Å²) in [5, 5.41) is 0. The van der Waals surface area contributed by atoms with Gasteiger partial charge in [0.1, 0.15) is 0 Å². The number of hydrogen-bond acceptors (Lipinski definition) is 4. The number of amides is 1. The number of benzene rings is 1. The van der Waals surface area contributed by atoms with Gasteiger partial charge in [0.25, 0.3) is 5.91 Å². The number of nitrogens with zero attached hydrogens (tertiary/aromatic N) is 2. The van der Waals surface area contributed by atoms with E-state index in [1.54, 1.807) is 26.6 Å². The first kappa shape index (κ1) is 19.2. The van der Waals surface area contributed by atoms with Crippen LogP contribution < -0.4 is 9.47 Å². The number of hydrogen-bond donors (Lipinski definition) is 0. The van der Waals surface area contributed by atoms with Crippen LogP contribution in [0.2, 0.25) is 0 Å². The van der Waals surface area contributed by atoms with Gasteiger partial charge in [-0.1, -0.05) is 38.7 Å². The van der Waals surface area contributed by atoms with E-state index in [1.165, 1.54) is 19.3 Å². The molecular formula is C22H28N2O3. The Morgan fingerprint density at radius 2 is 1.96 bits per heavy atom. The van der Waals surface area contributed by atoms with Gasteiger partial charge in [-0.05, 0) is 24.1 Å². The summed E-state index contributed by atoms with van der Waals surface area (Å²) in [6, 6.07) is 5.69. The highest BCUT2D eigenvalue weighted by Crippen LogP contribution is 2.45. The van der Waals surface area contributed by atoms with E-state index in [1.807, 2.05) is 23.1 Å². The monoisotopic (exact) mass is 368 g/mol. The third kappa shape index (κ3) is 3.92. The second kappa shape index (κ2) is 8.89. The number of aromatic nitrogens is 1. The van der Waals surface area contributed by atoms with Crippen molar-refractivity contribution in [1.82, 2.24) is 9.88 Å². The molecule has 2 aromatic rings. The van der Waals surface area contributed by atoms with Crippen molar-refractivity contribution < 1.29 is 14.3 Å². The van der Waals surface area contributed by atoms with Crippen molar-refractivity contribution in [3.05, 3.63) is 41.7 Å². The summed E-state index contributed by atoms with van der Waals surface area (Å²) in [4.78, 5) is 19.2. The van der Waals surface area contributed by atoms with Gasteiger partial charge in [0.2, 0.25) is 0 Å². The minimum atomic E-state index is 0.0755. The summed E-state index contributed by atoms with van der Waals surface area (Å²) in [6.07, 6.45) is 9.45. The molecule has 1 amide bonds. The first-order valence-corrected chi connectivity index (χ1v) is 9.68. The van der Waals surface area contributed by atoms with Gasteiger partial charge in [-0.25, -0.2) is 0 Å². The van der Waals surface area contributed by atoms with E-state index < -0.39 is 0 Å². The lowest BCUT2D eigenvalue weighted by Gasteiger charge is -2.17. The number of carbonyl (C=O) groups excluding carboxylic acids is 1. The molecule has 0 aliphatic carbocycles. The van der Waals surface area contributed by atoms with Crippen LogP contribution in [0.25, 0.3) is 11.1 Å². The Morgan fingerprint density at radius 1 is 1.15 bits per heavy atom. The van der Waals surface area contributed by atoms with Crippen molar-refractivity contribution in [2.45, 2.75) is 45.6 Å². The molecule has 0 unspecified atom stereocenters. The van der Waals surface area contributed by atoms with Crippen molar-refractivity contribution in [2.24, 2.45) is 0 Å². The number of carbonyl (C=O) groups is 1. The van der Waals surface area contributed by atoms with Crippen molar-refractivity contribution >= 4 is 5.91 Å². The summed E-state index contributed by atoms with van der Waals surface area (Å²) in [5.41, 5.74) is 3.54. The van der Waals surface area contributed by atoms with Crippen LogP contribution in [0.1, 0.15) is 54.9 Å². The largest absolute Gasteiger partial charge is 0.493 e. The second-order valence-electron chi connectivity index (χ2n) is 6.90. The summed E-state index contributed by atoms with van der Waals surface area (Å²) in [6.45, 7) is 3.60. The fourth-order valence-corrected chi connectivity index (χ4v) is 3.72. The molecule has 5 heteroatoms. The summed E-state index contributed by atoms with van der Waals surface area (Å²) in [5.74, 6) is 1.31. The highest BCUT2D eigenvalue weighted by Gasteiger charge is 2.33. The van der Waals surface area contributed by atoms with Crippen molar-refractivity contribution in [2.75, 3.05) is 20.8 Å². The molecule has 2 heterocycles. The lowest BCUT2D eigenvalue weighted by atomic mass is 9.96. The van der Waals surface area contributed by atoms with Gasteiger partial charge < -0.3 is 14.4 Å². The molecule has 0 spiro atoms. The lowest BCUT2D eigenvalue weighted by molar-refractivity contribution is 0.0775. The summed E-state index contributed by atoms with van der Waals surface area (Å²) < 4.78 is 11.2. The summed E-state index contributed by atoms with van der Waals surface area (Å²) in [7, 11) is 3.23. The molecule has 1 aromatic carbocycles. The van der Waals surface area contributed by atoms with Crippen LogP contribution in [-0.4, -0.2) is 36.6 Å². The van der Waals surface area contributed by atoms with E-state index in [0.29, 0.717) is 23.6 Å². The average Bonchev–Trinajstić information content (AvgIpc) is 3.02. The molecule has 0 radical (unpaired) electrons. The zero-order valence-electron chi connectivity index (χ0n) is 16.5. The Balaban J connectivity index is 1.93. The molecule has 27 heavy (non-hydrogen) atoms. The first-order valence-electron chi connectivity index (χ1n) is 9.68. The molecule has 0 saturated carbocycles. The molecule has 0 atom stereocenters. The molecule has 0 fully saturated rings. The topological polar surface area (TPSA) is 51.7 Å². The van der Waals surface area contributed by atoms with Crippen LogP contribution in [0, 0.1) is 0 Å².